The summed E-state index contributed by atoms with van der Waals surface area (Å²) in [5.74, 6) is -1.18. The fourth-order valence-corrected chi connectivity index (χ4v) is 2.44. The molecule has 0 radical (unpaired) electrons. The molecule has 0 spiro atoms. The molecule has 0 bridgehead atoms. The van der Waals surface area contributed by atoms with Crippen LogP contribution in [0, 0.1) is 11.5 Å². The summed E-state index contributed by atoms with van der Waals surface area (Å²) in [5.41, 5.74) is 6.40. The second kappa shape index (κ2) is 10.7. The zero-order valence-electron chi connectivity index (χ0n) is 16.1. The number of likely N-dealkylation sites (tertiary alicyclic amines) is 1. The van der Waals surface area contributed by atoms with E-state index in [1.165, 1.54) is 4.90 Å². The Morgan fingerprint density at radius 1 is 1.26 bits per heavy atom. The normalized spacial score (nSPS) is 13.7. The number of amides is 2. The number of benzene rings is 1. The fourth-order valence-electron chi connectivity index (χ4n) is 2.44. The number of nitrogens with zero attached hydrogens (tertiary/aromatic N) is 1. The first kappa shape index (κ1) is 25.4. The Balaban J connectivity index is 0.000000728. The molecule has 1 saturated heterocycles. The number of carbonyl (C=O) groups excluding carboxylic acids is 2. The third-order valence-corrected chi connectivity index (χ3v) is 4.96. The van der Waals surface area contributed by atoms with Crippen LogP contribution in [0.4, 0.5) is 0 Å². The maximum absolute atomic E-state index is 12.6. The molecule has 27 heavy (non-hydrogen) atoms. The van der Waals surface area contributed by atoms with Crippen molar-refractivity contribution in [2.24, 2.45) is 5.41 Å². The van der Waals surface area contributed by atoms with Crippen molar-refractivity contribution < 1.29 is 45.3 Å². The Bertz CT molecular complexity index is 647. The molecule has 1 aliphatic heterocycles. The number of carboxylic acid groups (broad SMARTS) is 1. The van der Waals surface area contributed by atoms with Gasteiger partial charge in [-0.2, -0.15) is 35.9 Å². The van der Waals surface area contributed by atoms with Gasteiger partial charge in [0.1, 0.15) is 6.61 Å². The van der Waals surface area contributed by atoms with Crippen LogP contribution in [-0.2, 0) is 45.6 Å². The third kappa shape index (κ3) is 6.23. The van der Waals surface area contributed by atoms with Gasteiger partial charge in [0, 0.05) is 13.0 Å². The van der Waals surface area contributed by atoms with Crippen LogP contribution >= 0.6 is 0 Å². The molecule has 2 amide bonds. The zero-order valence-corrected chi connectivity index (χ0v) is 19.0. The van der Waals surface area contributed by atoms with Gasteiger partial charge in [0.2, 0.25) is 11.8 Å². The predicted octanol–water partition coefficient (Wildman–Crippen LogP) is 2.64. The molecule has 0 unspecified atom stereocenters. The van der Waals surface area contributed by atoms with Crippen LogP contribution in [-0.4, -0.2) is 47.7 Å². The summed E-state index contributed by atoms with van der Waals surface area (Å²) in [4.78, 5) is 35.0. The fraction of sp³-hybridized carbons (Fsp3) is 0.526. The van der Waals surface area contributed by atoms with E-state index in [4.69, 9.17) is 10.8 Å². The standard InChI is InChI=1S/C16H20NO2.C3H6NO3.W/c1-15(2,12-8-6-5-7-9-12)16(3,4)14(19)17-11-10-13(17)18;4-2-7-1-3(5)6;/h6-9H,10-11H2,1-4H3;4H,1-2H2,(H,5,6);/q2*-1;+2. The molecule has 1 aliphatic rings. The maximum Gasteiger partial charge on any atom is 2.00 e. The molecule has 7 nitrogen and oxygen atoms in total. The summed E-state index contributed by atoms with van der Waals surface area (Å²) >= 11 is 0. The Labute approximate surface area is 174 Å². The van der Waals surface area contributed by atoms with Crippen molar-refractivity contribution in [1.82, 2.24) is 4.90 Å². The second-order valence-electron chi connectivity index (χ2n) is 7.03. The van der Waals surface area contributed by atoms with Crippen LogP contribution in [0.2, 0.25) is 0 Å². The molecule has 1 aromatic rings. The first-order valence-electron chi connectivity index (χ1n) is 8.31. The molecule has 0 atom stereocenters. The Morgan fingerprint density at radius 3 is 2.15 bits per heavy atom. The van der Waals surface area contributed by atoms with Gasteiger partial charge < -0.3 is 15.6 Å². The largest absolute Gasteiger partial charge is 2.00 e. The molecule has 148 valence electrons. The molecule has 2 N–H and O–H groups in total. The molecular weight excluding hydrogens is 520 g/mol. The van der Waals surface area contributed by atoms with Crippen LogP contribution in [0.25, 0.3) is 5.73 Å². The average Bonchev–Trinajstić information content (AvgIpc) is 2.59. The summed E-state index contributed by atoms with van der Waals surface area (Å²) in [6.45, 7) is 7.82. The Hall–Kier alpha value is -1.56. The third-order valence-electron chi connectivity index (χ3n) is 4.96. The van der Waals surface area contributed by atoms with E-state index in [0.717, 1.165) is 5.56 Å². The van der Waals surface area contributed by atoms with Crippen molar-refractivity contribution in [3.8, 4) is 0 Å². The van der Waals surface area contributed by atoms with Gasteiger partial charge in [-0.05, 0) is 12.1 Å². The molecule has 8 heteroatoms. The number of hydrogen-bond donors (Lipinski definition) is 1. The molecular formula is C19H26N2O5W. The van der Waals surface area contributed by atoms with Crippen LogP contribution < -0.4 is 0 Å². The molecule has 2 rings (SSSR count). The second-order valence-corrected chi connectivity index (χ2v) is 7.03. The van der Waals surface area contributed by atoms with Crippen LogP contribution in [0.15, 0.2) is 24.3 Å². The van der Waals surface area contributed by atoms with Crippen LogP contribution in [0.1, 0.15) is 39.7 Å². The minimum atomic E-state index is -1.03. The number of β-lactam (4-membered cyclic amide) rings is 1. The molecule has 0 aromatic heterocycles. The van der Waals surface area contributed by atoms with E-state index >= 15 is 0 Å². The first-order chi connectivity index (χ1) is 12.1. The average molecular weight is 546 g/mol. The number of carbonyl (C=O) groups is 3. The number of rotatable bonds is 6. The topological polar surface area (TPSA) is 108 Å². The van der Waals surface area contributed by atoms with Crippen molar-refractivity contribution in [3.63, 3.8) is 0 Å². The smallest absolute Gasteiger partial charge is 0.655 e. The Morgan fingerprint density at radius 2 is 1.81 bits per heavy atom. The number of imide groups is 1. The molecule has 0 saturated carbocycles. The van der Waals surface area contributed by atoms with Crippen molar-refractivity contribution in [3.05, 3.63) is 41.6 Å². The quantitative estimate of drug-likeness (QED) is 0.436. The van der Waals surface area contributed by atoms with E-state index in [2.05, 4.69) is 10.8 Å². The number of aliphatic carboxylic acids is 1. The monoisotopic (exact) mass is 546 g/mol. The van der Waals surface area contributed by atoms with E-state index in [0.29, 0.717) is 13.0 Å². The number of nitrogens with one attached hydrogen (secondary N) is 1. The van der Waals surface area contributed by atoms with Crippen molar-refractivity contribution in [2.45, 2.75) is 39.5 Å². The first-order valence-corrected chi connectivity index (χ1v) is 8.31. The van der Waals surface area contributed by atoms with Crippen LogP contribution in [0.3, 0.4) is 0 Å². The summed E-state index contributed by atoms with van der Waals surface area (Å²) in [6.07, 6.45) is 0.489. The summed E-state index contributed by atoms with van der Waals surface area (Å²) in [5, 5.41) is 7.84. The van der Waals surface area contributed by atoms with Gasteiger partial charge in [-0.3, -0.25) is 14.5 Å². The van der Waals surface area contributed by atoms with Gasteiger partial charge in [0.05, 0.1) is 5.41 Å². The van der Waals surface area contributed by atoms with Gasteiger partial charge in [0.15, 0.2) is 0 Å². The van der Waals surface area contributed by atoms with Gasteiger partial charge in [-0.1, -0.05) is 27.7 Å². The summed E-state index contributed by atoms with van der Waals surface area (Å²) in [6, 6.07) is 10.7. The molecule has 0 aliphatic carbocycles. The zero-order chi connectivity index (χ0) is 20.0. The van der Waals surface area contributed by atoms with Crippen molar-refractivity contribution in [1.29, 1.82) is 0 Å². The molecule has 1 heterocycles. The van der Waals surface area contributed by atoms with Crippen molar-refractivity contribution in [2.75, 3.05) is 19.9 Å². The predicted molar refractivity (Wildman–Crippen MR) is 96.2 cm³/mol. The minimum absolute atomic E-state index is 0. The van der Waals surface area contributed by atoms with E-state index in [9.17, 15) is 14.4 Å². The van der Waals surface area contributed by atoms with Gasteiger partial charge in [-0.25, -0.2) is 4.79 Å². The van der Waals surface area contributed by atoms with E-state index in [-0.39, 0.29) is 51.6 Å². The van der Waals surface area contributed by atoms with Crippen molar-refractivity contribution >= 4 is 17.8 Å². The minimum Gasteiger partial charge on any atom is -0.655 e. The van der Waals surface area contributed by atoms with Gasteiger partial charge in [0.25, 0.3) is 0 Å². The van der Waals surface area contributed by atoms with Crippen LogP contribution in [0.5, 0.6) is 0 Å². The number of hydrogen-bond acceptors (Lipinski definition) is 4. The Kier molecular flexibility index (Phi) is 10.1. The van der Waals surface area contributed by atoms with E-state index < -0.39 is 11.4 Å². The van der Waals surface area contributed by atoms with E-state index in [1.807, 2.05) is 52.0 Å². The summed E-state index contributed by atoms with van der Waals surface area (Å²) in [7, 11) is 0. The molecule has 1 fully saturated rings. The molecule has 1 aromatic carbocycles. The number of carboxylic acids is 1. The van der Waals surface area contributed by atoms with Gasteiger partial charge >= 0.3 is 27.0 Å². The number of ether oxygens (including phenoxy) is 1. The SMILES string of the molecule is CC(C)(C(=O)N1CCC1=O)C(C)(C)c1cc[c-]cc1.[NH-]COCC(=O)O.[W+2]. The van der Waals surface area contributed by atoms with E-state index in [1.54, 1.807) is 0 Å². The maximum atomic E-state index is 12.6. The van der Waals surface area contributed by atoms with Gasteiger partial charge in [-0.15, -0.1) is 0 Å². The summed E-state index contributed by atoms with van der Waals surface area (Å²) < 4.78 is 4.16.